The summed E-state index contributed by atoms with van der Waals surface area (Å²) in [6.07, 6.45) is -0.698. The van der Waals surface area contributed by atoms with Crippen molar-refractivity contribution in [1.82, 2.24) is 29.9 Å². The number of nitrogen functional groups attached to an aromatic ring is 1. The van der Waals surface area contributed by atoms with Gasteiger partial charge in [-0.2, -0.15) is 23.1 Å². The van der Waals surface area contributed by atoms with Gasteiger partial charge in [-0.05, 0) is 6.07 Å². The molecule has 0 fully saturated rings. The largest absolute Gasteiger partial charge is 0.421 e. The summed E-state index contributed by atoms with van der Waals surface area (Å²) in [7, 11) is -2.35. The van der Waals surface area contributed by atoms with Crippen molar-refractivity contribution < 1.29 is 21.6 Å². The maximum absolute atomic E-state index is 13.5. The van der Waals surface area contributed by atoms with Crippen molar-refractivity contribution in [3.63, 3.8) is 0 Å². The van der Waals surface area contributed by atoms with Gasteiger partial charge in [-0.3, -0.25) is 9.62 Å². The molecule has 4 N–H and O–H groups in total. The zero-order chi connectivity index (χ0) is 23.5. The molecular formula is C16H17F3N10O2S. The SMILES string of the molecule is CN(c1ncccc1CNc1nc(Nc2ncnc(N)n2)ncc1C(F)(F)F)S(C)(=O)=O. The first kappa shape index (κ1) is 22.9. The summed E-state index contributed by atoms with van der Waals surface area (Å²) in [5.41, 5.74) is 4.65. The van der Waals surface area contributed by atoms with Crippen molar-refractivity contribution in [3.8, 4) is 0 Å². The van der Waals surface area contributed by atoms with Gasteiger partial charge in [0.2, 0.25) is 27.9 Å². The molecule has 32 heavy (non-hydrogen) atoms. The molecule has 3 heterocycles. The lowest BCUT2D eigenvalue weighted by atomic mass is 10.2. The van der Waals surface area contributed by atoms with Crippen LogP contribution in [0.25, 0.3) is 0 Å². The first-order valence-electron chi connectivity index (χ1n) is 8.72. The van der Waals surface area contributed by atoms with E-state index in [0.29, 0.717) is 11.8 Å². The number of hydrogen-bond acceptors (Lipinski definition) is 11. The maximum Gasteiger partial charge on any atom is 0.421 e. The van der Waals surface area contributed by atoms with Gasteiger partial charge in [-0.1, -0.05) is 6.07 Å². The molecular weight excluding hydrogens is 453 g/mol. The number of hydrogen-bond donors (Lipinski definition) is 3. The number of sulfonamides is 1. The summed E-state index contributed by atoms with van der Waals surface area (Å²) in [6.45, 7) is -0.207. The lowest BCUT2D eigenvalue weighted by Gasteiger charge is -2.20. The summed E-state index contributed by atoms with van der Waals surface area (Å²) in [6, 6.07) is 3.05. The summed E-state index contributed by atoms with van der Waals surface area (Å²) in [5, 5.41) is 5.11. The molecule has 170 valence electrons. The van der Waals surface area contributed by atoms with Gasteiger partial charge in [0.05, 0.1) is 6.26 Å². The van der Waals surface area contributed by atoms with E-state index in [2.05, 4.69) is 40.5 Å². The Morgan fingerprint density at radius 1 is 1.12 bits per heavy atom. The number of anilines is 5. The Morgan fingerprint density at radius 3 is 2.50 bits per heavy atom. The third kappa shape index (κ3) is 5.45. The second-order valence-corrected chi connectivity index (χ2v) is 8.33. The lowest BCUT2D eigenvalue weighted by molar-refractivity contribution is -0.137. The number of nitrogens with two attached hydrogens (primary N) is 1. The molecule has 0 radical (unpaired) electrons. The van der Waals surface area contributed by atoms with Crippen LogP contribution in [0.1, 0.15) is 11.1 Å². The van der Waals surface area contributed by atoms with E-state index in [1.165, 1.54) is 25.4 Å². The van der Waals surface area contributed by atoms with Gasteiger partial charge in [-0.25, -0.2) is 28.4 Å². The Labute approximate surface area is 180 Å². The molecule has 0 unspecified atom stereocenters. The van der Waals surface area contributed by atoms with Crippen LogP contribution in [-0.4, -0.2) is 51.6 Å². The number of halogens is 3. The van der Waals surface area contributed by atoms with Crippen LogP contribution in [0.4, 0.5) is 42.7 Å². The molecule has 0 saturated carbocycles. The average Bonchev–Trinajstić information content (AvgIpc) is 2.70. The van der Waals surface area contributed by atoms with Crippen molar-refractivity contribution >= 4 is 39.5 Å². The summed E-state index contributed by atoms with van der Waals surface area (Å²) in [5.74, 6) is -0.886. The fourth-order valence-electron chi connectivity index (χ4n) is 2.44. The van der Waals surface area contributed by atoms with E-state index in [0.717, 1.165) is 16.9 Å². The summed E-state index contributed by atoms with van der Waals surface area (Å²) in [4.78, 5) is 22.7. The fourth-order valence-corrected chi connectivity index (χ4v) is 2.92. The second-order valence-electron chi connectivity index (χ2n) is 6.32. The molecule has 0 aliphatic heterocycles. The second kappa shape index (κ2) is 8.74. The van der Waals surface area contributed by atoms with Crippen molar-refractivity contribution in [2.24, 2.45) is 0 Å². The molecule has 3 aromatic heterocycles. The van der Waals surface area contributed by atoms with Crippen molar-refractivity contribution in [2.75, 3.05) is 34.0 Å². The van der Waals surface area contributed by atoms with E-state index in [1.807, 2.05) is 0 Å². The van der Waals surface area contributed by atoms with E-state index in [-0.39, 0.29) is 30.2 Å². The molecule has 0 aromatic carbocycles. The van der Waals surface area contributed by atoms with E-state index < -0.39 is 27.6 Å². The van der Waals surface area contributed by atoms with Crippen LogP contribution in [0, 0.1) is 0 Å². The molecule has 0 saturated heterocycles. The minimum Gasteiger partial charge on any atom is -0.368 e. The van der Waals surface area contributed by atoms with Crippen LogP contribution in [0.5, 0.6) is 0 Å². The van der Waals surface area contributed by atoms with Crippen LogP contribution in [-0.2, 0) is 22.7 Å². The zero-order valence-electron chi connectivity index (χ0n) is 16.7. The van der Waals surface area contributed by atoms with Crippen LogP contribution < -0.4 is 20.7 Å². The number of alkyl halides is 3. The smallest absolute Gasteiger partial charge is 0.368 e. The van der Waals surface area contributed by atoms with E-state index in [1.54, 1.807) is 0 Å². The number of aromatic nitrogens is 6. The third-order valence-electron chi connectivity index (χ3n) is 4.02. The van der Waals surface area contributed by atoms with E-state index in [9.17, 15) is 21.6 Å². The lowest BCUT2D eigenvalue weighted by Crippen LogP contribution is -2.27. The van der Waals surface area contributed by atoms with Crippen molar-refractivity contribution in [3.05, 3.63) is 42.0 Å². The van der Waals surface area contributed by atoms with Crippen LogP contribution in [0.2, 0.25) is 0 Å². The normalized spacial score (nSPS) is 11.8. The predicted molar refractivity (Wildman–Crippen MR) is 109 cm³/mol. The van der Waals surface area contributed by atoms with Gasteiger partial charge in [0.25, 0.3) is 0 Å². The Morgan fingerprint density at radius 2 is 1.84 bits per heavy atom. The Kier molecular flexibility index (Phi) is 6.24. The minimum atomic E-state index is -4.75. The van der Waals surface area contributed by atoms with Crippen LogP contribution in [0.3, 0.4) is 0 Å². The van der Waals surface area contributed by atoms with Crippen molar-refractivity contribution in [1.29, 1.82) is 0 Å². The highest BCUT2D eigenvalue weighted by atomic mass is 32.2. The fraction of sp³-hybridized carbons (Fsp3) is 0.250. The predicted octanol–water partition coefficient (Wildman–Crippen LogP) is 1.41. The Hall–Kier alpha value is -3.82. The highest BCUT2D eigenvalue weighted by Crippen LogP contribution is 2.34. The molecule has 0 aliphatic carbocycles. The monoisotopic (exact) mass is 470 g/mol. The third-order valence-corrected chi connectivity index (χ3v) is 5.19. The molecule has 3 rings (SSSR count). The van der Waals surface area contributed by atoms with Gasteiger partial charge in [0.1, 0.15) is 23.5 Å². The number of rotatable bonds is 7. The quantitative estimate of drug-likeness (QED) is 0.457. The highest BCUT2D eigenvalue weighted by Gasteiger charge is 2.35. The average molecular weight is 470 g/mol. The molecule has 0 aliphatic rings. The van der Waals surface area contributed by atoms with Gasteiger partial charge in [-0.15, -0.1) is 0 Å². The molecule has 3 aromatic rings. The van der Waals surface area contributed by atoms with Gasteiger partial charge >= 0.3 is 6.18 Å². The summed E-state index contributed by atoms with van der Waals surface area (Å²) < 4.78 is 65.0. The minimum absolute atomic E-state index is 0.0594. The molecule has 0 amide bonds. The van der Waals surface area contributed by atoms with Crippen LogP contribution >= 0.6 is 0 Å². The topological polar surface area (TPSA) is 165 Å². The van der Waals surface area contributed by atoms with E-state index >= 15 is 0 Å². The summed E-state index contributed by atoms with van der Waals surface area (Å²) >= 11 is 0. The Balaban J connectivity index is 1.92. The maximum atomic E-state index is 13.5. The molecule has 0 atom stereocenters. The molecule has 0 spiro atoms. The molecule has 16 heteroatoms. The number of pyridine rings is 1. The number of nitrogens with one attached hydrogen (secondary N) is 2. The number of nitrogens with zero attached hydrogens (tertiary/aromatic N) is 7. The van der Waals surface area contributed by atoms with E-state index in [4.69, 9.17) is 5.73 Å². The molecule has 12 nitrogen and oxygen atoms in total. The Bertz CT molecular complexity index is 1220. The van der Waals surface area contributed by atoms with Gasteiger partial charge in [0, 0.05) is 31.5 Å². The highest BCUT2D eigenvalue weighted by molar-refractivity contribution is 7.92. The first-order valence-corrected chi connectivity index (χ1v) is 10.6. The zero-order valence-corrected chi connectivity index (χ0v) is 17.5. The standard InChI is InChI=1S/C16H17F3N10O2S/c1-29(32(2,30)31)12-9(4-3-5-21-12)6-22-11-10(16(17,18)19)7-23-14(26-11)28-15-25-8-24-13(20)27-15/h3-5,7-8H,6H2,1-2H3,(H4,20,22,23,24,25,26,27,28). The van der Waals surface area contributed by atoms with Crippen molar-refractivity contribution in [2.45, 2.75) is 12.7 Å². The molecule has 0 bridgehead atoms. The van der Waals surface area contributed by atoms with Gasteiger partial charge in [0.15, 0.2) is 0 Å². The first-order chi connectivity index (χ1) is 14.9. The van der Waals surface area contributed by atoms with Gasteiger partial charge < -0.3 is 11.1 Å². The van der Waals surface area contributed by atoms with Crippen LogP contribution in [0.15, 0.2) is 30.9 Å².